The predicted molar refractivity (Wildman–Crippen MR) is 28.3 cm³/mol. The molecule has 0 heterocycles. The van der Waals surface area contributed by atoms with Crippen molar-refractivity contribution in [3.05, 3.63) is 25.3 Å². The van der Waals surface area contributed by atoms with E-state index in [4.69, 9.17) is 0 Å². The molecule has 0 saturated carbocycles. The first kappa shape index (κ1) is 10.2. The van der Waals surface area contributed by atoms with Crippen LogP contribution in [0.4, 0.5) is 0 Å². The summed E-state index contributed by atoms with van der Waals surface area (Å²) in [5.41, 5.74) is 2.65. The molecule has 0 aliphatic heterocycles. The average molecular weight is 88.1 g/mol. The Morgan fingerprint density at radius 3 is 2.43 bits per heavy atom. The summed E-state index contributed by atoms with van der Waals surface area (Å²) in [6.45, 7) is 7.01. The fourth-order valence-electron chi connectivity index (χ4n) is 0.204. The van der Waals surface area contributed by atoms with Crippen LogP contribution in [0.5, 0.6) is 0 Å². The second-order valence-corrected chi connectivity index (χ2v) is 1.05. The van der Waals surface area contributed by atoms with Crippen LogP contribution in [-0.2, 0) is 0 Å². The first-order valence-electron chi connectivity index (χ1n) is 2.05. The zero-order valence-electron chi connectivity index (χ0n) is 4.91. The maximum absolute atomic E-state index is 3.62. The van der Waals surface area contributed by atoms with Gasteiger partial charge >= 0.3 is 18.9 Å². The molecule has 0 amide bonds. The van der Waals surface area contributed by atoms with Crippen molar-refractivity contribution in [3.8, 4) is 0 Å². The summed E-state index contributed by atoms with van der Waals surface area (Å²) in [7, 11) is 0. The van der Waals surface area contributed by atoms with Gasteiger partial charge in [0.25, 0.3) is 0 Å². The SMILES string of the molecule is C=C=CCC[CH2-].[Li+]. The van der Waals surface area contributed by atoms with E-state index in [1.807, 2.05) is 6.08 Å². The van der Waals surface area contributed by atoms with Crippen molar-refractivity contribution in [1.29, 1.82) is 0 Å². The van der Waals surface area contributed by atoms with Gasteiger partial charge in [-0.2, -0.15) is 6.42 Å². The number of hydrogen-bond acceptors (Lipinski definition) is 0. The largest absolute Gasteiger partial charge is 1.00 e. The average Bonchev–Trinajstić information content (AvgIpc) is 1.61. The molecule has 0 aliphatic carbocycles. The molecule has 1 heteroatoms. The van der Waals surface area contributed by atoms with Gasteiger partial charge in [-0.15, -0.1) is 5.73 Å². The maximum atomic E-state index is 3.62. The molecule has 0 rings (SSSR count). The van der Waals surface area contributed by atoms with Gasteiger partial charge in [-0.25, -0.2) is 0 Å². The molecule has 34 valence electrons. The zero-order valence-corrected chi connectivity index (χ0v) is 4.91. The van der Waals surface area contributed by atoms with Gasteiger partial charge in [-0.3, -0.25) is 0 Å². The minimum atomic E-state index is 0. The van der Waals surface area contributed by atoms with Gasteiger partial charge in [0.05, 0.1) is 0 Å². The van der Waals surface area contributed by atoms with Gasteiger partial charge in [0.2, 0.25) is 0 Å². The molecule has 0 atom stereocenters. The normalized spacial score (nSPS) is 5.86. The molecule has 0 radical (unpaired) electrons. The van der Waals surface area contributed by atoms with Crippen LogP contribution >= 0.6 is 0 Å². The van der Waals surface area contributed by atoms with Gasteiger partial charge < -0.3 is 6.92 Å². The van der Waals surface area contributed by atoms with E-state index < -0.39 is 0 Å². The fraction of sp³-hybridized carbons (Fsp3) is 0.333. The van der Waals surface area contributed by atoms with Crippen LogP contribution in [-0.4, -0.2) is 0 Å². The molecule has 0 nitrogen and oxygen atoms in total. The van der Waals surface area contributed by atoms with E-state index in [9.17, 15) is 0 Å². The van der Waals surface area contributed by atoms with Crippen LogP contribution in [0.1, 0.15) is 12.8 Å². The number of rotatable bonds is 2. The fourth-order valence-corrected chi connectivity index (χ4v) is 0.204. The molecule has 0 saturated heterocycles. The Labute approximate surface area is 57.5 Å². The third-order valence-electron chi connectivity index (χ3n) is 0.493. The molecule has 0 unspecified atom stereocenters. The summed E-state index contributed by atoms with van der Waals surface area (Å²) in [6.07, 6.45) is 3.83. The van der Waals surface area contributed by atoms with Crippen molar-refractivity contribution in [2.24, 2.45) is 0 Å². The monoisotopic (exact) mass is 88.1 g/mol. The van der Waals surface area contributed by atoms with Gasteiger partial charge in [0.15, 0.2) is 0 Å². The molecule has 0 bridgehead atoms. The minimum absolute atomic E-state index is 0. The van der Waals surface area contributed by atoms with Crippen LogP contribution in [0, 0.1) is 6.92 Å². The Bertz CT molecular complexity index is 60.6. The molecule has 0 fully saturated rings. The Balaban J connectivity index is 0. The standard InChI is InChI=1S/C6H9.Li/c1-3-5-6-4-2;/h6H,1-3,5H2;/q-1;+1. The molecule has 7 heavy (non-hydrogen) atoms. The van der Waals surface area contributed by atoms with Crippen molar-refractivity contribution in [2.45, 2.75) is 12.8 Å². The molecule has 0 spiro atoms. The summed E-state index contributed by atoms with van der Waals surface area (Å²) >= 11 is 0. The molecule has 0 aromatic rings. The van der Waals surface area contributed by atoms with Gasteiger partial charge in [0, 0.05) is 0 Å². The Morgan fingerprint density at radius 2 is 2.29 bits per heavy atom. The third-order valence-corrected chi connectivity index (χ3v) is 0.493. The van der Waals surface area contributed by atoms with Crippen LogP contribution in [0.25, 0.3) is 0 Å². The Morgan fingerprint density at radius 1 is 1.71 bits per heavy atom. The van der Waals surface area contributed by atoms with E-state index in [1.165, 1.54) is 0 Å². The molecule has 0 N–H and O–H groups in total. The van der Waals surface area contributed by atoms with Crippen LogP contribution in [0.15, 0.2) is 18.4 Å². The first-order chi connectivity index (χ1) is 2.91. The van der Waals surface area contributed by atoms with Crippen molar-refractivity contribution in [1.82, 2.24) is 0 Å². The van der Waals surface area contributed by atoms with E-state index in [-0.39, 0.29) is 18.9 Å². The number of hydrogen-bond donors (Lipinski definition) is 0. The van der Waals surface area contributed by atoms with Gasteiger partial charge in [-0.1, -0.05) is 13.0 Å². The summed E-state index contributed by atoms with van der Waals surface area (Å²) in [5.74, 6) is 0. The van der Waals surface area contributed by atoms with Crippen molar-refractivity contribution >= 4 is 0 Å². The summed E-state index contributed by atoms with van der Waals surface area (Å²) in [4.78, 5) is 0. The summed E-state index contributed by atoms with van der Waals surface area (Å²) < 4.78 is 0. The van der Waals surface area contributed by atoms with Crippen molar-refractivity contribution in [3.63, 3.8) is 0 Å². The quantitative estimate of drug-likeness (QED) is 0.229. The second-order valence-electron chi connectivity index (χ2n) is 1.05. The number of unbranched alkanes of at least 4 members (excludes halogenated alkanes) is 1. The second kappa shape index (κ2) is 9.45. The van der Waals surface area contributed by atoms with Crippen molar-refractivity contribution < 1.29 is 18.9 Å². The van der Waals surface area contributed by atoms with Crippen molar-refractivity contribution in [2.75, 3.05) is 0 Å². The molecular formula is C6H9Li. The van der Waals surface area contributed by atoms with Gasteiger partial charge in [-0.05, 0) is 6.08 Å². The minimum Gasteiger partial charge on any atom is -0.343 e. The Hall–Kier alpha value is 0.117. The van der Waals surface area contributed by atoms with E-state index in [0.717, 1.165) is 12.8 Å². The van der Waals surface area contributed by atoms with Crippen LogP contribution in [0.3, 0.4) is 0 Å². The zero-order chi connectivity index (χ0) is 4.83. The third kappa shape index (κ3) is 10.7. The van der Waals surface area contributed by atoms with E-state index in [1.54, 1.807) is 0 Å². The molecule has 0 aliphatic rings. The van der Waals surface area contributed by atoms with E-state index >= 15 is 0 Å². The Kier molecular flexibility index (Phi) is 13.7. The summed E-state index contributed by atoms with van der Waals surface area (Å²) in [6, 6.07) is 0. The topological polar surface area (TPSA) is 0 Å². The van der Waals surface area contributed by atoms with Crippen LogP contribution in [0.2, 0.25) is 0 Å². The predicted octanol–water partition coefficient (Wildman–Crippen LogP) is -1.05. The maximum Gasteiger partial charge on any atom is 1.00 e. The molecule has 0 aromatic heterocycles. The first-order valence-corrected chi connectivity index (χ1v) is 2.05. The van der Waals surface area contributed by atoms with Gasteiger partial charge in [0.1, 0.15) is 0 Å². The van der Waals surface area contributed by atoms with E-state index in [2.05, 4.69) is 19.2 Å². The number of allylic oxidation sites excluding steroid dienone is 1. The van der Waals surface area contributed by atoms with Crippen LogP contribution < -0.4 is 18.9 Å². The molecular weight excluding hydrogens is 79.0 g/mol. The van der Waals surface area contributed by atoms with E-state index in [0.29, 0.717) is 0 Å². The molecule has 0 aromatic carbocycles. The summed E-state index contributed by atoms with van der Waals surface area (Å²) in [5, 5.41) is 0. The smallest absolute Gasteiger partial charge is 0.343 e.